The molecule has 3 N–H and O–H groups in total. The number of benzene rings is 1. The zero-order valence-corrected chi connectivity index (χ0v) is 14.3. The zero-order chi connectivity index (χ0) is 17.9. The number of hydrogen-bond acceptors (Lipinski definition) is 4. The van der Waals surface area contributed by atoms with Crippen molar-refractivity contribution in [3.8, 4) is 0 Å². The van der Waals surface area contributed by atoms with E-state index in [0.717, 1.165) is 18.8 Å². The standard InChI is InChI=1S/C19H25N3O3/c23-18(22-25)12-11-16-8-4-10-17(14-16)19(24)21-20-13-5-9-15-6-2-1-3-7-15/h4,8,10-15,25H,1-3,5-7,9H2,(H,21,24)(H,22,23)/b12-11+,20-13+. The molecule has 0 spiro atoms. The smallest absolute Gasteiger partial charge is 0.271 e. The van der Waals surface area contributed by atoms with E-state index in [1.807, 2.05) is 0 Å². The Morgan fingerprint density at radius 2 is 2.04 bits per heavy atom. The van der Waals surface area contributed by atoms with Gasteiger partial charge in [0.15, 0.2) is 0 Å². The van der Waals surface area contributed by atoms with Crippen molar-refractivity contribution < 1.29 is 14.8 Å². The van der Waals surface area contributed by atoms with Crippen molar-refractivity contribution in [3.63, 3.8) is 0 Å². The molecule has 0 atom stereocenters. The summed E-state index contributed by atoms with van der Waals surface area (Å²) in [6, 6.07) is 6.80. The lowest BCUT2D eigenvalue weighted by molar-refractivity contribution is -0.124. The van der Waals surface area contributed by atoms with Gasteiger partial charge in [0.2, 0.25) is 0 Å². The van der Waals surface area contributed by atoms with Crippen LogP contribution in [0.3, 0.4) is 0 Å². The van der Waals surface area contributed by atoms with Crippen molar-refractivity contribution in [2.45, 2.75) is 44.9 Å². The van der Waals surface area contributed by atoms with Crippen LogP contribution in [0, 0.1) is 5.92 Å². The van der Waals surface area contributed by atoms with Gasteiger partial charge in [0.05, 0.1) is 0 Å². The largest absolute Gasteiger partial charge is 0.288 e. The van der Waals surface area contributed by atoms with Crippen LogP contribution in [0.5, 0.6) is 0 Å². The molecule has 134 valence electrons. The Labute approximate surface area is 148 Å². The third-order valence-electron chi connectivity index (χ3n) is 4.37. The normalized spacial score (nSPS) is 15.6. The predicted octanol–water partition coefficient (Wildman–Crippen LogP) is 3.28. The molecule has 6 heteroatoms. The lowest BCUT2D eigenvalue weighted by atomic mass is 9.86. The van der Waals surface area contributed by atoms with Gasteiger partial charge >= 0.3 is 0 Å². The number of hydroxylamine groups is 1. The summed E-state index contributed by atoms with van der Waals surface area (Å²) in [5.74, 6) is -0.122. The number of rotatable bonds is 7. The number of amides is 2. The minimum absolute atomic E-state index is 0.296. The quantitative estimate of drug-likeness (QED) is 0.307. The monoisotopic (exact) mass is 343 g/mol. The number of carbonyl (C=O) groups is 2. The first-order valence-electron chi connectivity index (χ1n) is 8.73. The van der Waals surface area contributed by atoms with Crippen molar-refractivity contribution >= 4 is 24.1 Å². The fourth-order valence-electron chi connectivity index (χ4n) is 3.01. The van der Waals surface area contributed by atoms with Crippen LogP contribution in [0.15, 0.2) is 35.4 Å². The molecule has 0 heterocycles. The van der Waals surface area contributed by atoms with Gasteiger partial charge in [-0.05, 0) is 42.5 Å². The van der Waals surface area contributed by atoms with Crippen LogP contribution in [0.4, 0.5) is 0 Å². The summed E-state index contributed by atoms with van der Waals surface area (Å²) >= 11 is 0. The van der Waals surface area contributed by atoms with Gasteiger partial charge in [-0.2, -0.15) is 5.10 Å². The van der Waals surface area contributed by atoms with E-state index in [1.54, 1.807) is 30.5 Å². The van der Waals surface area contributed by atoms with E-state index in [1.165, 1.54) is 49.7 Å². The lowest BCUT2D eigenvalue weighted by Gasteiger charge is -2.20. The van der Waals surface area contributed by atoms with E-state index in [9.17, 15) is 9.59 Å². The van der Waals surface area contributed by atoms with E-state index in [-0.39, 0.29) is 5.91 Å². The van der Waals surface area contributed by atoms with Gasteiger partial charge in [0, 0.05) is 17.9 Å². The Kier molecular flexibility index (Phi) is 7.85. The van der Waals surface area contributed by atoms with Crippen molar-refractivity contribution in [1.82, 2.24) is 10.9 Å². The number of carbonyl (C=O) groups excluding carboxylic acids is 2. The minimum Gasteiger partial charge on any atom is -0.288 e. The molecule has 2 amide bonds. The summed E-state index contributed by atoms with van der Waals surface area (Å²) in [7, 11) is 0. The van der Waals surface area contributed by atoms with Crippen molar-refractivity contribution in [2.24, 2.45) is 11.0 Å². The number of hydrogen-bond donors (Lipinski definition) is 3. The molecule has 1 aromatic rings. The van der Waals surface area contributed by atoms with Gasteiger partial charge in [-0.25, -0.2) is 10.9 Å². The second-order valence-electron chi connectivity index (χ2n) is 6.27. The molecule has 1 aromatic carbocycles. The molecule has 25 heavy (non-hydrogen) atoms. The average molecular weight is 343 g/mol. The predicted molar refractivity (Wildman–Crippen MR) is 97.2 cm³/mol. The highest BCUT2D eigenvalue weighted by atomic mass is 16.5. The SMILES string of the molecule is O=C(/C=C/c1cccc(C(=O)N/N=C/CCC2CCCCC2)c1)NO. The summed E-state index contributed by atoms with van der Waals surface area (Å²) in [6.45, 7) is 0. The van der Waals surface area contributed by atoms with Crippen molar-refractivity contribution in [3.05, 3.63) is 41.5 Å². The maximum atomic E-state index is 12.1. The Bertz CT molecular complexity index is 635. The molecular formula is C19H25N3O3. The summed E-state index contributed by atoms with van der Waals surface area (Å²) in [6.07, 6.45) is 13.1. The van der Waals surface area contributed by atoms with Crippen LogP contribution in [0.1, 0.15) is 60.9 Å². The molecule has 2 rings (SSSR count). The summed E-state index contributed by atoms with van der Waals surface area (Å²) in [4.78, 5) is 23.1. The van der Waals surface area contributed by atoms with Gasteiger partial charge in [0.25, 0.3) is 11.8 Å². The molecule has 1 aliphatic carbocycles. The molecule has 0 bridgehead atoms. The maximum absolute atomic E-state index is 12.1. The van der Waals surface area contributed by atoms with Gasteiger partial charge in [0.1, 0.15) is 0 Å². The molecule has 1 aliphatic rings. The first-order valence-corrected chi connectivity index (χ1v) is 8.73. The molecular weight excluding hydrogens is 318 g/mol. The number of nitrogens with zero attached hydrogens (tertiary/aromatic N) is 1. The molecule has 0 unspecified atom stereocenters. The topological polar surface area (TPSA) is 90.8 Å². The molecule has 0 radical (unpaired) electrons. The fourth-order valence-corrected chi connectivity index (χ4v) is 3.01. The number of hydrazone groups is 1. The fraction of sp³-hybridized carbons (Fsp3) is 0.421. The van der Waals surface area contributed by atoms with E-state index in [2.05, 4.69) is 10.5 Å². The second kappa shape index (κ2) is 10.4. The maximum Gasteiger partial charge on any atom is 0.271 e. The van der Waals surface area contributed by atoms with Gasteiger partial charge < -0.3 is 0 Å². The van der Waals surface area contributed by atoms with E-state index in [0.29, 0.717) is 11.1 Å². The number of nitrogens with one attached hydrogen (secondary N) is 2. The summed E-state index contributed by atoms with van der Waals surface area (Å²) in [5.41, 5.74) is 5.17. The Hall–Kier alpha value is -2.47. The van der Waals surface area contributed by atoms with Crippen molar-refractivity contribution in [1.29, 1.82) is 0 Å². The van der Waals surface area contributed by atoms with Gasteiger partial charge in [-0.1, -0.05) is 44.2 Å². The molecule has 1 saturated carbocycles. The zero-order valence-electron chi connectivity index (χ0n) is 14.3. The van der Waals surface area contributed by atoms with E-state index < -0.39 is 5.91 Å². The Morgan fingerprint density at radius 1 is 1.24 bits per heavy atom. The van der Waals surface area contributed by atoms with Gasteiger partial charge in [-0.3, -0.25) is 14.8 Å². The van der Waals surface area contributed by atoms with Crippen LogP contribution >= 0.6 is 0 Å². The van der Waals surface area contributed by atoms with Crippen molar-refractivity contribution in [2.75, 3.05) is 0 Å². The first-order chi connectivity index (χ1) is 12.2. The third-order valence-corrected chi connectivity index (χ3v) is 4.37. The van der Waals surface area contributed by atoms with Crippen LogP contribution in [0.25, 0.3) is 6.08 Å². The molecule has 6 nitrogen and oxygen atoms in total. The minimum atomic E-state index is -0.627. The third kappa shape index (κ3) is 6.89. The second-order valence-corrected chi connectivity index (χ2v) is 6.27. The van der Waals surface area contributed by atoms with Crippen LogP contribution in [-0.4, -0.2) is 23.2 Å². The summed E-state index contributed by atoms with van der Waals surface area (Å²) < 4.78 is 0. The highest BCUT2D eigenvalue weighted by Crippen LogP contribution is 2.26. The average Bonchev–Trinajstić information content (AvgIpc) is 2.66. The van der Waals surface area contributed by atoms with Crippen LogP contribution in [-0.2, 0) is 4.79 Å². The van der Waals surface area contributed by atoms with Gasteiger partial charge in [-0.15, -0.1) is 0 Å². The van der Waals surface area contributed by atoms with Crippen LogP contribution < -0.4 is 10.9 Å². The lowest BCUT2D eigenvalue weighted by Crippen LogP contribution is -2.17. The molecule has 0 aromatic heterocycles. The van der Waals surface area contributed by atoms with E-state index >= 15 is 0 Å². The molecule has 0 saturated heterocycles. The van der Waals surface area contributed by atoms with E-state index in [4.69, 9.17) is 5.21 Å². The highest BCUT2D eigenvalue weighted by Gasteiger charge is 2.12. The Morgan fingerprint density at radius 3 is 2.80 bits per heavy atom. The molecule has 1 fully saturated rings. The Balaban J connectivity index is 1.78. The highest BCUT2D eigenvalue weighted by molar-refractivity contribution is 5.95. The van der Waals surface area contributed by atoms with Crippen LogP contribution in [0.2, 0.25) is 0 Å². The first kappa shape index (κ1) is 18.9. The molecule has 0 aliphatic heterocycles. The summed E-state index contributed by atoms with van der Waals surface area (Å²) in [5, 5.41) is 12.5.